The monoisotopic (exact) mass is 577 g/mol. The Balaban J connectivity index is 1.45. The van der Waals surface area contributed by atoms with E-state index in [1.807, 2.05) is 0 Å². The molecule has 4 rings (SSSR count). The molecule has 0 radical (unpaired) electrons. The van der Waals surface area contributed by atoms with E-state index in [-0.39, 0.29) is 18.8 Å². The van der Waals surface area contributed by atoms with Gasteiger partial charge in [-0.05, 0) is 42.2 Å². The summed E-state index contributed by atoms with van der Waals surface area (Å²) in [6, 6.07) is 8.63. The van der Waals surface area contributed by atoms with Crippen LogP contribution in [-0.2, 0) is 19.7 Å². The number of carbonyl (C=O) groups is 2. The number of aliphatic hydroxyl groups excluding tert-OH is 1. The molecule has 2 heterocycles. The number of halogens is 2. The minimum absolute atomic E-state index is 0.0607. The van der Waals surface area contributed by atoms with Crippen molar-refractivity contribution in [1.29, 1.82) is 0 Å². The van der Waals surface area contributed by atoms with Crippen molar-refractivity contribution in [2.45, 2.75) is 36.8 Å². The first kappa shape index (κ1) is 29.4. The summed E-state index contributed by atoms with van der Waals surface area (Å²) in [7, 11) is 0. The van der Waals surface area contributed by atoms with E-state index in [2.05, 4.69) is 26.3 Å². The molecule has 1 saturated heterocycles. The number of amides is 1. The summed E-state index contributed by atoms with van der Waals surface area (Å²) in [5.74, 6) is -1.24. The molecule has 0 spiro atoms. The van der Waals surface area contributed by atoms with Crippen molar-refractivity contribution in [3.05, 3.63) is 52.5 Å². The molecule has 40 heavy (non-hydrogen) atoms. The summed E-state index contributed by atoms with van der Waals surface area (Å²) in [6.45, 7) is 0.574. The van der Waals surface area contributed by atoms with E-state index in [4.69, 9.17) is 16.3 Å². The second-order valence-electron chi connectivity index (χ2n) is 9.99. The number of aromatic hydroxyl groups is 1. The summed E-state index contributed by atoms with van der Waals surface area (Å²) in [5, 5.41) is 41.1. The third kappa shape index (κ3) is 7.74. The van der Waals surface area contributed by atoms with Gasteiger partial charge < -0.3 is 41.3 Å². The summed E-state index contributed by atoms with van der Waals surface area (Å²) < 4.78 is 19.7. The van der Waals surface area contributed by atoms with Crippen LogP contribution in [0.1, 0.15) is 36.4 Å². The Morgan fingerprint density at radius 1 is 1.18 bits per heavy atom. The van der Waals surface area contributed by atoms with E-state index in [9.17, 15) is 29.3 Å². The Labute approximate surface area is 235 Å². The number of benzene rings is 2. The molecule has 0 aliphatic carbocycles. The van der Waals surface area contributed by atoms with Gasteiger partial charge in [-0.25, -0.2) is 0 Å². The third-order valence-electron chi connectivity index (χ3n) is 6.95. The molecular formula is C27H33ClFN5O6. The van der Waals surface area contributed by atoms with Gasteiger partial charge in [0.25, 0.3) is 0 Å². The molecule has 0 bridgehead atoms. The standard InChI is InChI=1S/C27H33ClFN5O6/c28-18-6-16(5-17(7-18)27(15-29)1-3-40-4-2-27)23(11-25(38)39)34-24(37)14-30-19-8-20(10-21(35)9-19)33-26-31-12-22(36)13-32-26/h5-10,22-23,30,35-36H,1-4,11-15H2,(H,34,37)(H,38,39)(H2,31,32,33). The van der Waals surface area contributed by atoms with Crippen molar-refractivity contribution >= 4 is 40.8 Å². The molecule has 13 heteroatoms. The summed E-state index contributed by atoms with van der Waals surface area (Å²) in [6.07, 6.45) is -0.0353. The Hall–Kier alpha value is -3.61. The van der Waals surface area contributed by atoms with Gasteiger partial charge in [-0.1, -0.05) is 17.7 Å². The minimum atomic E-state index is -1.12. The Bertz CT molecular complexity index is 1260. The Morgan fingerprint density at radius 3 is 2.60 bits per heavy atom. The average Bonchev–Trinajstić information content (AvgIpc) is 2.92. The van der Waals surface area contributed by atoms with Gasteiger partial charge in [0.2, 0.25) is 5.91 Å². The fourth-order valence-corrected chi connectivity index (χ4v) is 5.02. The molecule has 7 N–H and O–H groups in total. The SMILES string of the molecule is O=C(O)CC(NC(=O)CNc1cc(O)cc(NC2=NCC(O)CN2)c1)c1cc(Cl)cc(C2(CF)CCOCC2)c1. The lowest BCUT2D eigenvalue weighted by Gasteiger charge is -2.36. The molecule has 2 atom stereocenters. The number of guanidine groups is 1. The van der Waals surface area contributed by atoms with E-state index in [0.717, 1.165) is 0 Å². The van der Waals surface area contributed by atoms with E-state index in [1.165, 1.54) is 12.1 Å². The number of aliphatic carboxylic acids is 1. The summed E-state index contributed by atoms with van der Waals surface area (Å²) >= 11 is 6.37. The normalized spacial score (nSPS) is 19.1. The van der Waals surface area contributed by atoms with Crippen LogP contribution < -0.4 is 21.3 Å². The zero-order valence-corrected chi connectivity index (χ0v) is 22.5. The van der Waals surface area contributed by atoms with Crippen molar-refractivity contribution in [3.8, 4) is 5.75 Å². The number of aliphatic hydroxyl groups is 1. The first-order chi connectivity index (χ1) is 19.2. The van der Waals surface area contributed by atoms with E-state index < -0.39 is 42.5 Å². The van der Waals surface area contributed by atoms with Crippen LogP contribution in [0, 0.1) is 0 Å². The number of nitrogens with one attached hydrogen (secondary N) is 4. The molecule has 1 fully saturated rings. The number of carbonyl (C=O) groups excluding carboxylic acids is 1. The molecule has 2 aromatic carbocycles. The second kappa shape index (κ2) is 13.2. The number of rotatable bonds is 10. The van der Waals surface area contributed by atoms with Crippen LogP contribution in [0.4, 0.5) is 15.8 Å². The van der Waals surface area contributed by atoms with Crippen LogP contribution >= 0.6 is 11.6 Å². The Kier molecular flexibility index (Phi) is 9.67. The summed E-state index contributed by atoms with van der Waals surface area (Å²) in [5.41, 5.74) is 1.26. The van der Waals surface area contributed by atoms with Crippen molar-refractivity contribution in [2.75, 3.05) is 50.2 Å². The number of anilines is 2. The van der Waals surface area contributed by atoms with Crippen molar-refractivity contribution in [1.82, 2.24) is 10.6 Å². The third-order valence-corrected chi connectivity index (χ3v) is 7.17. The maximum absolute atomic E-state index is 14.3. The number of phenols is 1. The highest BCUT2D eigenvalue weighted by Gasteiger charge is 2.35. The van der Waals surface area contributed by atoms with Crippen LogP contribution in [0.2, 0.25) is 5.02 Å². The molecule has 0 aromatic heterocycles. The molecule has 11 nitrogen and oxygen atoms in total. The zero-order valence-electron chi connectivity index (χ0n) is 21.8. The highest BCUT2D eigenvalue weighted by Crippen LogP contribution is 2.38. The average molecular weight is 578 g/mol. The van der Waals surface area contributed by atoms with Crippen LogP contribution in [0.25, 0.3) is 0 Å². The van der Waals surface area contributed by atoms with E-state index >= 15 is 0 Å². The zero-order chi connectivity index (χ0) is 28.7. The number of nitrogens with zero attached hydrogens (tertiary/aromatic N) is 1. The largest absolute Gasteiger partial charge is 0.508 e. The number of aliphatic imine (C=N–C) groups is 1. The molecule has 216 valence electrons. The van der Waals surface area contributed by atoms with Crippen LogP contribution in [-0.4, -0.2) is 78.8 Å². The number of hydrogen-bond acceptors (Lipinski definition) is 9. The van der Waals surface area contributed by atoms with Gasteiger partial charge in [0.15, 0.2) is 5.96 Å². The highest BCUT2D eigenvalue weighted by atomic mass is 35.5. The van der Waals surface area contributed by atoms with Gasteiger partial charge in [0, 0.05) is 53.7 Å². The maximum Gasteiger partial charge on any atom is 0.305 e. The van der Waals surface area contributed by atoms with Crippen molar-refractivity contribution in [2.24, 2.45) is 4.99 Å². The van der Waals surface area contributed by atoms with E-state index in [1.54, 1.807) is 24.3 Å². The number of ether oxygens (including phenoxy) is 1. The lowest BCUT2D eigenvalue weighted by Crippen LogP contribution is -2.42. The topological polar surface area (TPSA) is 165 Å². The quantitative estimate of drug-likeness (QED) is 0.225. The second-order valence-corrected chi connectivity index (χ2v) is 10.4. The first-order valence-corrected chi connectivity index (χ1v) is 13.3. The lowest BCUT2D eigenvalue weighted by molar-refractivity contribution is -0.137. The molecular weight excluding hydrogens is 545 g/mol. The molecule has 2 aliphatic heterocycles. The minimum Gasteiger partial charge on any atom is -0.508 e. The first-order valence-electron chi connectivity index (χ1n) is 12.9. The number of carboxylic acids is 1. The van der Waals surface area contributed by atoms with Gasteiger partial charge in [0.1, 0.15) is 5.75 Å². The molecule has 2 aliphatic rings. The predicted octanol–water partition coefficient (Wildman–Crippen LogP) is 2.54. The lowest BCUT2D eigenvalue weighted by atomic mass is 9.74. The van der Waals surface area contributed by atoms with Crippen LogP contribution in [0.5, 0.6) is 5.75 Å². The van der Waals surface area contributed by atoms with Crippen molar-refractivity contribution in [3.63, 3.8) is 0 Å². The Morgan fingerprint density at radius 2 is 1.93 bits per heavy atom. The van der Waals surface area contributed by atoms with Gasteiger partial charge in [-0.2, -0.15) is 0 Å². The number of β-amino-alcohol motifs (C(OH)–C–C–N with tert-alkyl or cyclic N) is 1. The van der Waals surface area contributed by atoms with Gasteiger partial charge in [-0.15, -0.1) is 0 Å². The number of hydrogen-bond donors (Lipinski definition) is 7. The fraction of sp³-hybridized carbons (Fsp3) is 0.444. The van der Waals surface area contributed by atoms with Crippen LogP contribution in [0.3, 0.4) is 0 Å². The number of alkyl halides is 1. The van der Waals surface area contributed by atoms with Gasteiger partial charge >= 0.3 is 5.97 Å². The highest BCUT2D eigenvalue weighted by molar-refractivity contribution is 6.30. The smallest absolute Gasteiger partial charge is 0.305 e. The number of carboxylic acid groups (broad SMARTS) is 1. The molecule has 1 amide bonds. The van der Waals surface area contributed by atoms with Crippen LogP contribution in [0.15, 0.2) is 41.4 Å². The summed E-state index contributed by atoms with van der Waals surface area (Å²) in [4.78, 5) is 28.7. The molecule has 2 aromatic rings. The van der Waals surface area contributed by atoms with Gasteiger partial charge in [-0.3, -0.25) is 19.0 Å². The van der Waals surface area contributed by atoms with Gasteiger partial charge in [0.05, 0.1) is 38.3 Å². The number of phenolic OH excluding ortho intramolecular Hbond substituents is 1. The fourth-order valence-electron chi connectivity index (χ4n) is 4.77. The molecule has 2 unspecified atom stereocenters. The maximum atomic E-state index is 14.3. The van der Waals surface area contributed by atoms with E-state index in [0.29, 0.717) is 66.1 Å². The molecule has 0 saturated carbocycles. The van der Waals surface area contributed by atoms with Crippen molar-refractivity contribution < 1.29 is 34.0 Å². The predicted molar refractivity (Wildman–Crippen MR) is 149 cm³/mol.